The first-order valence-corrected chi connectivity index (χ1v) is 6.33. The van der Waals surface area contributed by atoms with E-state index in [9.17, 15) is 5.11 Å². The lowest BCUT2D eigenvalue weighted by molar-refractivity contribution is 0.0917. The summed E-state index contributed by atoms with van der Waals surface area (Å²) in [4.78, 5) is 2.07. The Hall–Kier alpha value is -0.780. The van der Waals surface area contributed by atoms with E-state index in [1.54, 1.807) is 10.9 Å². The minimum atomic E-state index is -0.292. The van der Waals surface area contributed by atoms with Crippen LogP contribution < -0.4 is 4.74 Å². The van der Waals surface area contributed by atoms with Gasteiger partial charge >= 0.3 is 0 Å². The van der Waals surface area contributed by atoms with Crippen molar-refractivity contribution in [2.75, 3.05) is 33.9 Å². The number of nitrogens with zero attached hydrogens (tertiary/aromatic N) is 3. The van der Waals surface area contributed by atoms with Gasteiger partial charge in [-0.05, 0) is 14.1 Å². The number of aliphatic hydroxyl groups is 1. The molecule has 1 aromatic rings. The number of ether oxygens (including phenoxy) is 1. The Balaban J connectivity index is 2.66. The molecule has 1 rings (SSSR count). The Bertz CT molecular complexity index is 377. The molecule has 0 aliphatic carbocycles. The van der Waals surface area contributed by atoms with Crippen molar-refractivity contribution in [3.8, 4) is 5.88 Å². The summed E-state index contributed by atoms with van der Waals surface area (Å²) in [5.74, 6) is 0.569. The maximum absolute atomic E-state index is 9.20. The molecule has 0 aromatic carbocycles. The van der Waals surface area contributed by atoms with E-state index in [-0.39, 0.29) is 12.0 Å². The Morgan fingerprint density at radius 1 is 1.50 bits per heavy atom. The highest BCUT2D eigenvalue weighted by molar-refractivity contribution is 6.31. The van der Waals surface area contributed by atoms with Gasteiger partial charge in [0, 0.05) is 12.0 Å². The van der Waals surface area contributed by atoms with Gasteiger partial charge in [-0.25, -0.2) is 4.68 Å². The van der Waals surface area contributed by atoms with Gasteiger partial charge in [0.1, 0.15) is 5.02 Å². The van der Waals surface area contributed by atoms with Crippen molar-refractivity contribution < 1.29 is 9.84 Å². The maximum Gasteiger partial charge on any atom is 0.231 e. The number of aliphatic hydroxyl groups excluding tert-OH is 1. The predicted octanol–water partition coefficient (Wildman–Crippen LogP) is 1.50. The molecule has 0 radical (unpaired) electrons. The fraction of sp³-hybridized carbons (Fsp3) is 0.750. The lowest BCUT2D eigenvalue weighted by Gasteiger charge is -2.22. The molecule has 6 heteroatoms. The lowest BCUT2D eigenvalue weighted by atomic mass is 9.97. The van der Waals surface area contributed by atoms with Crippen LogP contribution in [0.25, 0.3) is 0 Å². The summed E-state index contributed by atoms with van der Waals surface area (Å²) in [7, 11) is 4.00. The van der Waals surface area contributed by atoms with Gasteiger partial charge in [0.15, 0.2) is 0 Å². The summed E-state index contributed by atoms with van der Waals surface area (Å²) in [6.45, 7) is 5.91. The largest absolute Gasteiger partial charge is 0.476 e. The quantitative estimate of drug-likeness (QED) is 0.819. The maximum atomic E-state index is 9.20. The molecule has 1 heterocycles. The molecule has 0 aliphatic rings. The predicted molar refractivity (Wildman–Crippen MR) is 72.2 cm³/mol. The normalized spacial score (nSPS) is 12.2. The first kappa shape index (κ1) is 15.3. The zero-order valence-corrected chi connectivity index (χ0v) is 12.2. The van der Waals surface area contributed by atoms with Crippen LogP contribution in [0.2, 0.25) is 5.02 Å². The van der Waals surface area contributed by atoms with Gasteiger partial charge < -0.3 is 14.7 Å². The Kier molecular flexibility index (Phi) is 5.44. The Morgan fingerprint density at radius 2 is 2.17 bits per heavy atom. The van der Waals surface area contributed by atoms with Gasteiger partial charge in [-0.3, -0.25) is 0 Å². The van der Waals surface area contributed by atoms with Gasteiger partial charge in [0.25, 0.3) is 0 Å². The first-order chi connectivity index (χ1) is 8.35. The SMILES string of the molecule is CN(C)CCn1ncc(Cl)c1OCC(C)(C)CO. The third kappa shape index (κ3) is 4.48. The average molecular weight is 276 g/mol. The van der Waals surface area contributed by atoms with Gasteiger partial charge in [-0.2, -0.15) is 5.10 Å². The Morgan fingerprint density at radius 3 is 2.72 bits per heavy atom. The van der Waals surface area contributed by atoms with Crippen LogP contribution in [-0.2, 0) is 6.54 Å². The highest BCUT2D eigenvalue weighted by atomic mass is 35.5. The van der Waals surface area contributed by atoms with Crippen LogP contribution >= 0.6 is 11.6 Å². The topological polar surface area (TPSA) is 50.5 Å². The zero-order valence-electron chi connectivity index (χ0n) is 11.5. The number of hydrogen-bond acceptors (Lipinski definition) is 4. The molecule has 5 nitrogen and oxygen atoms in total. The van der Waals surface area contributed by atoms with E-state index < -0.39 is 0 Å². The van der Waals surface area contributed by atoms with Gasteiger partial charge in [0.05, 0.1) is 26.0 Å². The summed E-state index contributed by atoms with van der Waals surface area (Å²) < 4.78 is 7.43. The van der Waals surface area contributed by atoms with Crippen LogP contribution in [0.4, 0.5) is 0 Å². The molecule has 0 atom stereocenters. The fourth-order valence-corrected chi connectivity index (χ4v) is 1.45. The smallest absolute Gasteiger partial charge is 0.231 e. The standard InChI is InChI=1S/C12H22ClN3O2/c1-12(2,8-17)9-18-11-10(13)7-14-16(11)6-5-15(3)4/h7,17H,5-6,8-9H2,1-4H3. The minimum absolute atomic E-state index is 0.0659. The van der Waals surface area contributed by atoms with Gasteiger partial charge in [-0.1, -0.05) is 25.4 Å². The molecular formula is C12H22ClN3O2. The van der Waals surface area contributed by atoms with Crippen LogP contribution in [0.15, 0.2) is 6.20 Å². The molecule has 0 amide bonds. The van der Waals surface area contributed by atoms with Crippen LogP contribution in [0.3, 0.4) is 0 Å². The van der Waals surface area contributed by atoms with E-state index in [0.29, 0.717) is 24.1 Å². The molecule has 0 unspecified atom stereocenters. The second-order valence-electron chi connectivity index (χ2n) is 5.44. The summed E-state index contributed by atoms with van der Waals surface area (Å²) in [6.07, 6.45) is 1.58. The highest BCUT2D eigenvalue weighted by Gasteiger charge is 2.20. The van der Waals surface area contributed by atoms with Crippen LogP contribution in [0, 0.1) is 5.41 Å². The van der Waals surface area contributed by atoms with Gasteiger partial charge in [-0.15, -0.1) is 0 Å². The molecule has 0 spiro atoms. The molecule has 0 fully saturated rings. The van der Waals surface area contributed by atoms with Crippen molar-refractivity contribution in [3.63, 3.8) is 0 Å². The van der Waals surface area contributed by atoms with E-state index in [0.717, 1.165) is 6.54 Å². The molecule has 0 saturated carbocycles. The van der Waals surface area contributed by atoms with Crippen LogP contribution in [0.5, 0.6) is 5.88 Å². The third-order valence-corrected chi connectivity index (χ3v) is 2.80. The van der Waals surface area contributed by atoms with E-state index in [1.165, 1.54) is 0 Å². The van der Waals surface area contributed by atoms with E-state index in [4.69, 9.17) is 16.3 Å². The van der Waals surface area contributed by atoms with Gasteiger partial charge in [0.2, 0.25) is 5.88 Å². The van der Waals surface area contributed by atoms with E-state index in [1.807, 2.05) is 27.9 Å². The third-order valence-electron chi connectivity index (χ3n) is 2.54. The molecule has 1 N–H and O–H groups in total. The summed E-state index contributed by atoms with van der Waals surface area (Å²) in [6, 6.07) is 0. The van der Waals surface area contributed by atoms with Crippen molar-refractivity contribution in [3.05, 3.63) is 11.2 Å². The van der Waals surface area contributed by atoms with Crippen molar-refractivity contribution in [2.45, 2.75) is 20.4 Å². The molecule has 104 valence electrons. The zero-order chi connectivity index (χ0) is 13.8. The lowest BCUT2D eigenvalue weighted by Crippen LogP contribution is -2.26. The second-order valence-corrected chi connectivity index (χ2v) is 5.84. The minimum Gasteiger partial charge on any atom is -0.476 e. The number of hydrogen-bond donors (Lipinski definition) is 1. The van der Waals surface area contributed by atoms with E-state index >= 15 is 0 Å². The highest BCUT2D eigenvalue weighted by Crippen LogP contribution is 2.26. The Labute approximate surface area is 113 Å². The monoisotopic (exact) mass is 275 g/mol. The first-order valence-electron chi connectivity index (χ1n) is 5.95. The van der Waals surface area contributed by atoms with Crippen LogP contribution in [-0.4, -0.2) is 53.6 Å². The molecule has 18 heavy (non-hydrogen) atoms. The summed E-state index contributed by atoms with van der Waals surface area (Å²) in [5, 5.41) is 13.9. The average Bonchev–Trinajstić information content (AvgIpc) is 2.65. The number of aromatic nitrogens is 2. The second kappa shape index (κ2) is 6.41. The number of halogens is 1. The van der Waals surface area contributed by atoms with Crippen molar-refractivity contribution in [1.82, 2.24) is 14.7 Å². The summed E-state index contributed by atoms with van der Waals surface area (Å²) in [5.41, 5.74) is -0.292. The fourth-order valence-electron chi connectivity index (χ4n) is 1.26. The molecule has 0 aliphatic heterocycles. The molecular weight excluding hydrogens is 254 g/mol. The number of rotatable bonds is 7. The molecule has 0 bridgehead atoms. The van der Waals surface area contributed by atoms with Crippen molar-refractivity contribution in [1.29, 1.82) is 0 Å². The van der Waals surface area contributed by atoms with Crippen molar-refractivity contribution in [2.24, 2.45) is 5.41 Å². The summed E-state index contributed by atoms with van der Waals surface area (Å²) >= 11 is 6.05. The van der Waals surface area contributed by atoms with Crippen LogP contribution in [0.1, 0.15) is 13.8 Å². The molecule has 0 saturated heterocycles. The van der Waals surface area contributed by atoms with E-state index in [2.05, 4.69) is 10.00 Å². The van der Waals surface area contributed by atoms with Crippen molar-refractivity contribution >= 4 is 11.6 Å². The molecule has 1 aromatic heterocycles. The number of likely N-dealkylation sites (N-methyl/N-ethyl adjacent to an activating group) is 1.